The second kappa shape index (κ2) is 7.55. The number of hydrogen-bond acceptors (Lipinski definition) is 4. The fraction of sp³-hybridized carbons (Fsp3) is 0.667. The molecule has 1 aliphatic heterocycles. The van der Waals surface area contributed by atoms with Gasteiger partial charge in [-0.15, -0.1) is 0 Å². The number of fused-ring (bicyclic) bond motifs is 1. The minimum Gasteiger partial charge on any atom is -0.379 e. The molecule has 0 radical (unpaired) electrons. The van der Waals surface area contributed by atoms with Crippen molar-refractivity contribution in [3.8, 4) is 11.3 Å². The zero-order valence-corrected chi connectivity index (χ0v) is 18.3. The molecule has 2 aromatic rings. The first-order valence-corrected chi connectivity index (χ1v) is 11.8. The van der Waals surface area contributed by atoms with Crippen LogP contribution in [0, 0.1) is 24.7 Å². The van der Waals surface area contributed by atoms with E-state index in [1.54, 1.807) is 0 Å². The van der Waals surface area contributed by atoms with E-state index < -0.39 is 11.7 Å². The van der Waals surface area contributed by atoms with Crippen LogP contribution in [0.15, 0.2) is 18.5 Å². The smallest absolute Gasteiger partial charge is 0.379 e. The molecule has 5 nitrogen and oxygen atoms in total. The highest BCUT2D eigenvalue weighted by atomic mass is 19.4. The molecule has 3 heterocycles. The molecule has 32 heavy (non-hydrogen) atoms. The quantitative estimate of drug-likeness (QED) is 0.678. The Morgan fingerprint density at radius 1 is 1.12 bits per heavy atom. The van der Waals surface area contributed by atoms with Crippen molar-refractivity contribution in [1.82, 2.24) is 19.4 Å². The summed E-state index contributed by atoms with van der Waals surface area (Å²) in [5, 5.41) is 0. The molecule has 4 aliphatic rings. The topological polar surface area (TPSA) is 43.2 Å². The summed E-state index contributed by atoms with van der Waals surface area (Å²) < 4.78 is 48.1. The number of nitrogens with zero attached hydrogens (tertiary/aromatic N) is 4. The third-order valence-corrected chi connectivity index (χ3v) is 7.92. The molecule has 2 unspecified atom stereocenters. The van der Waals surface area contributed by atoms with E-state index in [1.807, 2.05) is 6.20 Å². The van der Waals surface area contributed by atoms with Crippen LogP contribution in [-0.2, 0) is 17.3 Å². The van der Waals surface area contributed by atoms with Crippen molar-refractivity contribution in [2.45, 2.75) is 57.3 Å². The Labute approximate surface area is 186 Å². The highest BCUT2D eigenvalue weighted by Gasteiger charge is 2.58. The Balaban J connectivity index is 1.25. The molecular weight excluding hydrogens is 417 g/mol. The molecule has 0 N–H and O–H groups in total. The molecule has 3 aliphatic carbocycles. The molecule has 0 bridgehead atoms. The SMILES string of the molecule is Cc1ncc(-c2cn(C3[C@H]4CC(N5CCOCC5)C[C@@H]34)c(CC3CC3)n2)cc1C(F)(F)F. The van der Waals surface area contributed by atoms with Crippen molar-refractivity contribution in [2.75, 3.05) is 26.3 Å². The van der Waals surface area contributed by atoms with Gasteiger partial charge in [0.2, 0.25) is 0 Å². The standard InChI is InChI=1S/C24H29F3N4O/c1-14-20(24(25,26)27)9-16(12-28-14)21-13-31(22(29-21)8-15-2-3-15)23-18-10-17(11-19(18)23)30-4-6-32-7-5-30/h9,12-13,15,17-19,23H,2-8,10-11H2,1H3/t17?,18-,19+,23?. The number of pyridine rings is 1. The van der Waals surface area contributed by atoms with Crippen LogP contribution in [0.1, 0.15) is 48.8 Å². The summed E-state index contributed by atoms with van der Waals surface area (Å²) >= 11 is 0. The van der Waals surface area contributed by atoms with E-state index in [-0.39, 0.29) is 5.69 Å². The average Bonchev–Trinajstić information content (AvgIpc) is 3.61. The van der Waals surface area contributed by atoms with Gasteiger partial charge < -0.3 is 9.30 Å². The first-order chi connectivity index (χ1) is 15.4. The lowest BCUT2D eigenvalue weighted by molar-refractivity contribution is -0.138. The van der Waals surface area contributed by atoms with Crippen molar-refractivity contribution < 1.29 is 17.9 Å². The Hall–Kier alpha value is -1.93. The third kappa shape index (κ3) is 3.75. The van der Waals surface area contributed by atoms with E-state index in [1.165, 1.54) is 44.9 Å². The Morgan fingerprint density at radius 3 is 2.50 bits per heavy atom. The lowest BCUT2D eigenvalue weighted by Gasteiger charge is -2.33. The Kier molecular flexibility index (Phi) is 4.88. The molecule has 0 amide bonds. The van der Waals surface area contributed by atoms with Gasteiger partial charge >= 0.3 is 6.18 Å². The molecule has 8 heteroatoms. The molecule has 1 saturated heterocycles. The molecule has 172 valence electrons. The minimum atomic E-state index is -4.41. The monoisotopic (exact) mass is 446 g/mol. The Morgan fingerprint density at radius 2 is 1.84 bits per heavy atom. The largest absolute Gasteiger partial charge is 0.418 e. The van der Waals surface area contributed by atoms with Gasteiger partial charge in [0.25, 0.3) is 0 Å². The van der Waals surface area contributed by atoms with Crippen LogP contribution < -0.4 is 0 Å². The molecule has 0 spiro atoms. The number of imidazole rings is 1. The maximum absolute atomic E-state index is 13.4. The van der Waals surface area contributed by atoms with Crippen LogP contribution in [0.4, 0.5) is 13.2 Å². The van der Waals surface area contributed by atoms with E-state index in [0.29, 0.717) is 41.1 Å². The fourth-order valence-electron chi connectivity index (χ4n) is 5.95. The van der Waals surface area contributed by atoms with Crippen LogP contribution in [0.3, 0.4) is 0 Å². The van der Waals surface area contributed by atoms with Gasteiger partial charge in [-0.1, -0.05) is 0 Å². The summed E-state index contributed by atoms with van der Waals surface area (Å²) in [6.45, 7) is 5.12. The van der Waals surface area contributed by atoms with Crippen LogP contribution in [0.2, 0.25) is 0 Å². The lowest BCUT2D eigenvalue weighted by atomic mass is 10.1. The summed E-state index contributed by atoms with van der Waals surface area (Å²) in [4.78, 5) is 11.4. The number of rotatable bonds is 5. The summed E-state index contributed by atoms with van der Waals surface area (Å²) in [5.74, 6) is 3.03. The molecular formula is C24H29F3N4O. The fourth-order valence-corrected chi connectivity index (χ4v) is 5.95. The van der Waals surface area contributed by atoms with Crippen LogP contribution >= 0.6 is 0 Å². The van der Waals surface area contributed by atoms with Gasteiger partial charge in [0, 0.05) is 55.2 Å². The predicted molar refractivity (Wildman–Crippen MR) is 113 cm³/mol. The zero-order valence-electron chi connectivity index (χ0n) is 18.3. The van der Waals surface area contributed by atoms with Crippen LogP contribution in [0.25, 0.3) is 11.3 Å². The second-order valence-electron chi connectivity index (χ2n) is 10.0. The van der Waals surface area contributed by atoms with Crippen molar-refractivity contribution in [3.05, 3.63) is 35.5 Å². The molecule has 6 rings (SSSR count). The average molecular weight is 447 g/mol. The van der Waals surface area contributed by atoms with Crippen LogP contribution in [0.5, 0.6) is 0 Å². The van der Waals surface area contributed by atoms with E-state index in [2.05, 4.69) is 14.5 Å². The number of ether oxygens (including phenoxy) is 1. The summed E-state index contributed by atoms with van der Waals surface area (Å²) in [7, 11) is 0. The maximum atomic E-state index is 13.4. The zero-order chi connectivity index (χ0) is 22.0. The number of alkyl halides is 3. The van der Waals surface area contributed by atoms with E-state index in [9.17, 15) is 13.2 Å². The first-order valence-electron chi connectivity index (χ1n) is 11.8. The molecule has 3 saturated carbocycles. The van der Waals surface area contributed by atoms with Gasteiger partial charge in [0.05, 0.1) is 24.5 Å². The van der Waals surface area contributed by atoms with E-state index >= 15 is 0 Å². The number of hydrogen-bond donors (Lipinski definition) is 0. The molecule has 4 fully saturated rings. The van der Waals surface area contributed by atoms with Crippen LogP contribution in [-0.4, -0.2) is 51.8 Å². The molecule has 2 aromatic heterocycles. The lowest BCUT2D eigenvalue weighted by Crippen LogP contribution is -2.43. The number of aryl methyl sites for hydroxylation is 1. The first kappa shape index (κ1) is 20.7. The van der Waals surface area contributed by atoms with Gasteiger partial charge in [0.1, 0.15) is 5.82 Å². The van der Waals surface area contributed by atoms with E-state index in [0.717, 1.165) is 38.5 Å². The number of halogens is 3. The van der Waals surface area contributed by atoms with Crippen molar-refractivity contribution in [1.29, 1.82) is 0 Å². The molecule has 4 atom stereocenters. The second-order valence-corrected chi connectivity index (χ2v) is 10.0. The van der Waals surface area contributed by atoms with Crippen molar-refractivity contribution in [2.24, 2.45) is 17.8 Å². The van der Waals surface area contributed by atoms with Gasteiger partial charge in [0.15, 0.2) is 0 Å². The minimum absolute atomic E-state index is 0.00441. The Bertz CT molecular complexity index is 997. The van der Waals surface area contributed by atoms with E-state index in [4.69, 9.17) is 9.72 Å². The highest BCUT2D eigenvalue weighted by molar-refractivity contribution is 5.59. The van der Waals surface area contributed by atoms with Gasteiger partial charge in [-0.2, -0.15) is 13.2 Å². The van der Waals surface area contributed by atoms with Gasteiger partial charge in [-0.05, 0) is 56.4 Å². The normalized spacial score (nSPS) is 30.5. The van der Waals surface area contributed by atoms with Gasteiger partial charge in [-0.3, -0.25) is 9.88 Å². The summed E-state index contributed by atoms with van der Waals surface area (Å²) in [6.07, 6.45) is 4.90. The molecule has 0 aromatic carbocycles. The summed E-state index contributed by atoms with van der Waals surface area (Å²) in [6, 6.07) is 2.30. The highest BCUT2D eigenvalue weighted by Crippen LogP contribution is 2.62. The van der Waals surface area contributed by atoms with Crippen molar-refractivity contribution in [3.63, 3.8) is 0 Å². The maximum Gasteiger partial charge on any atom is 0.418 e. The third-order valence-electron chi connectivity index (χ3n) is 7.92. The van der Waals surface area contributed by atoms with Crippen molar-refractivity contribution >= 4 is 0 Å². The number of aromatic nitrogens is 3. The summed E-state index contributed by atoms with van der Waals surface area (Å²) in [5.41, 5.74) is 0.402. The number of morpholine rings is 1. The van der Waals surface area contributed by atoms with Gasteiger partial charge in [-0.25, -0.2) is 4.98 Å². The predicted octanol–water partition coefficient (Wildman–Crippen LogP) is 4.51.